The van der Waals surface area contributed by atoms with Gasteiger partial charge < -0.3 is 5.73 Å². The first-order valence-electron chi connectivity index (χ1n) is 6.37. The van der Waals surface area contributed by atoms with Crippen LogP contribution in [0.15, 0.2) is 17.5 Å². The average Bonchev–Trinajstić information content (AvgIpc) is 2.76. The fourth-order valence-electron chi connectivity index (χ4n) is 2.07. The Morgan fingerprint density at radius 3 is 2.71 bits per heavy atom. The van der Waals surface area contributed by atoms with Crippen LogP contribution < -0.4 is 5.73 Å². The second-order valence-electron chi connectivity index (χ2n) is 4.91. The molecule has 1 aromatic heterocycles. The third-order valence-corrected chi connectivity index (χ3v) is 4.10. The summed E-state index contributed by atoms with van der Waals surface area (Å²) in [6.07, 6.45) is 3.31. The lowest BCUT2D eigenvalue weighted by Crippen LogP contribution is -2.16. The van der Waals surface area contributed by atoms with Crippen molar-refractivity contribution in [3.8, 4) is 0 Å². The van der Waals surface area contributed by atoms with Crippen LogP contribution in [0.25, 0.3) is 0 Å². The van der Waals surface area contributed by atoms with Crippen molar-refractivity contribution >= 4 is 17.1 Å². The minimum atomic E-state index is 0.357. The van der Waals surface area contributed by atoms with Crippen LogP contribution in [-0.2, 0) is 11.2 Å². The Morgan fingerprint density at radius 1 is 1.41 bits per heavy atom. The monoisotopic (exact) mass is 253 g/mol. The van der Waals surface area contributed by atoms with Crippen LogP contribution in [0.2, 0.25) is 0 Å². The van der Waals surface area contributed by atoms with E-state index >= 15 is 0 Å². The normalized spacial score (nSPS) is 12.9. The first kappa shape index (κ1) is 14.4. The molecule has 0 amide bonds. The Balaban J connectivity index is 2.31. The molecule has 0 bridgehead atoms. The lowest BCUT2D eigenvalue weighted by molar-refractivity contribution is -0.118. The third kappa shape index (κ3) is 5.46. The summed E-state index contributed by atoms with van der Waals surface area (Å²) in [5, 5.41) is 2.02. The Hall–Kier alpha value is -0.670. The standard InChI is InChI=1S/C14H23NOS/c1-11(2)12(7-8-15)5-6-13(16)10-14-4-3-9-17-14/h3-4,9,11-12H,5-8,10,15H2,1-2H3. The smallest absolute Gasteiger partial charge is 0.138 e. The molecule has 1 atom stereocenters. The number of carbonyl (C=O) groups excluding carboxylic acids is 1. The van der Waals surface area contributed by atoms with Crippen molar-refractivity contribution in [3.05, 3.63) is 22.4 Å². The second-order valence-corrected chi connectivity index (χ2v) is 5.95. The van der Waals surface area contributed by atoms with E-state index in [4.69, 9.17) is 5.73 Å². The van der Waals surface area contributed by atoms with Crippen molar-refractivity contribution in [2.75, 3.05) is 6.54 Å². The molecule has 0 saturated heterocycles. The molecular formula is C14H23NOS. The molecule has 2 N–H and O–H groups in total. The maximum absolute atomic E-state index is 11.8. The van der Waals surface area contributed by atoms with Crippen molar-refractivity contribution in [3.63, 3.8) is 0 Å². The number of nitrogens with two attached hydrogens (primary N) is 1. The van der Waals surface area contributed by atoms with Gasteiger partial charge in [0.2, 0.25) is 0 Å². The number of carbonyl (C=O) groups is 1. The Bertz CT molecular complexity index is 319. The largest absolute Gasteiger partial charge is 0.330 e. The Morgan fingerprint density at radius 2 is 2.18 bits per heavy atom. The molecule has 2 nitrogen and oxygen atoms in total. The third-order valence-electron chi connectivity index (χ3n) is 3.23. The number of rotatable bonds is 8. The summed E-state index contributed by atoms with van der Waals surface area (Å²) in [4.78, 5) is 13.0. The molecule has 1 unspecified atom stereocenters. The highest BCUT2D eigenvalue weighted by molar-refractivity contribution is 7.10. The molecule has 1 aromatic rings. The van der Waals surface area contributed by atoms with Crippen molar-refractivity contribution in [1.29, 1.82) is 0 Å². The van der Waals surface area contributed by atoms with Crippen molar-refractivity contribution in [1.82, 2.24) is 0 Å². The summed E-state index contributed by atoms with van der Waals surface area (Å²) in [6.45, 7) is 5.15. The number of hydrogen-bond acceptors (Lipinski definition) is 3. The minimum Gasteiger partial charge on any atom is -0.330 e. The summed E-state index contributed by atoms with van der Waals surface area (Å²) in [5.41, 5.74) is 5.60. The van der Waals surface area contributed by atoms with E-state index in [-0.39, 0.29) is 0 Å². The van der Waals surface area contributed by atoms with Crippen molar-refractivity contribution in [2.24, 2.45) is 17.6 Å². The number of Topliss-reactive ketones (excluding diaryl/α,β-unsaturated/α-hetero) is 1. The molecule has 0 saturated carbocycles. The topological polar surface area (TPSA) is 43.1 Å². The highest BCUT2D eigenvalue weighted by Crippen LogP contribution is 2.21. The summed E-state index contributed by atoms with van der Waals surface area (Å²) in [5.74, 6) is 1.57. The molecule has 1 rings (SSSR count). The van der Waals surface area contributed by atoms with Crippen LogP contribution in [0.1, 0.15) is 38.0 Å². The molecule has 0 fully saturated rings. The molecular weight excluding hydrogens is 230 g/mol. The predicted molar refractivity (Wildman–Crippen MR) is 74.3 cm³/mol. The lowest BCUT2D eigenvalue weighted by atomic mass is 9.87. The van der Waals surface area contributed by atoms with Gasteiger partial charge in [-0.15, -0.1) is 11.3 Å². The molecule has 0 aliphatic carbocycles. The zero-order valence-corrected chi connectivity index (χ0v) is 11.6. The van der Waals surface area contributed by atoms with E-state index in [0.717, 1.165) is 19.4 Å². The quantitative estimate of drug-likeness (QED) is 0.772. The van der Waals surface area contributed by atoms with Crippen LogP contribution >= 0.6 is 11.3 Å². The number of hydrogen-bond donors (Lipinski definition) is 1. The van der Waals surface area contributed by atoms with E-state index in [2.05, 4.69) is 13.8 Å². The Labute approximate surface area is 108 Å². The van der Waals surface area contributed by atoms with Crippen LogP contribution in [0.4, 0.5) is 0 Å². The zero-order valence-electron chi connectivity index (χ0n) is 10.8. The summed E-state index contributed by atoms with van der Waals surface area (Å²) in [6, 6.07) is 4.03. The van der Waals surface area contributed by atoms with Gasteiger partial charge in [-0.3, -0.25) is 4.79 Å². The van der Waals surface area contributed by atoms with Crippen LogP contribution in [-0.4, -0.2) is 12.3 Å². The molecule has 0 radical (unpaired) electrons. The van der Waals surface area contributed by atoms with Crippen LogP contribution in [0.3, 0.4) is 0 Å². The summed E-state index contributed by atoms with van der Waals surface area (Å²) >= 11 is 1.66. The maximum atomic E-state index is 11.8. The van der Waals surface area contributed by atoms with Gasteiger partial charge in [0.05, 0.1) is 0 Å². The molecule has 1 heterocycles. The van der Waals surface area contributed by atoms with E-state index in [0.29, 0.717) is 30.5 Å². The van der Waals surface area contributed by atoms with Gasteiger partial charge in [0, 0.05) is 17.7 Å². The van der Waals surface area contributed by atoms with E-state index in [9.17, 15) is 4.79 Å². The van der Waals surface area contributed by atoms with Crippen molar-refractivity contribution in [2.45, 2.75) is 39.5 Å². The number of ketones is 1. The van der Waals surface area contributed by atoms with Crippen LogP contribution in [0, 0.1) is 11.8 Å². The van der Waals surface area contributed by atoms with Gasteiger partial charge in [0.15, 0.2) is 0 Å². The van der Waals surface area contributed by atoms with Gasteiger partial charge >= 0.3 is 0 Å². The molecule has 0 aliphatic heterocycles. The van der Waals surface area contributed by atoms with E-state index < -0.39 is 0 Å². The van der Waals surface area contributed by atoms with Gasteiger partial charge in [-0.25, -0.2) is 0 Å². The van der Waals surface area contributed by atoms with Crippen molar-refractivity contribution < 1.29 is 4.79 Å². The highest BCUT2D eigenvalue weighted by Gasteiger charge is 2.14. The summed E-state index contributed by atoms with van der Waals surface area (Å²) < 4.78 is 0. The van der Waals surface area contributed by atoms with E-state index in [1.165, 1.54) is 4.88 Å². The highest BCUT2D eigenvalue weighted by atomic mass is 32.1. The lowest BCUT2D eigenvalue weighted by Gasteiger charge is -2.19. The molecule has 0 aromatic carbocycles. The van der Waals surface area contributed by atoms with Crippen LogP contribution in [0.5, 0.6) is 0 Å². The molecule has 0 aliphatic rings. The fourth-order valence-corrected chi connectivity index (χ4v) is 2.80. The fraction of sp³-hybridized carbons (Fsp3) is 0.643. The average molecular weight is 253 g/mol. The maximum Gasteiger partial charge on any atom is 0.138 e. The molecule has 0 spiro atoms. The molecule has 3 heteroatoms. The van der Waals surface area contributed by atoms with Gasteiger partial charge in [-0.2, -0.15) is 0 Å². The van der Waals surface area contributed by atoms with E-state index in [1.54, 1.807) is 11.3 Å². The molecule has 96 valence electrons. The van der Waals surface area contributed by atoms with Gasteiger partial charge in [-0.1, -0.05) is 19.9 Å². The Kier molecular flexibility index (Phi) is 6.45. The zero-order chi connectivity index (χ0) is 12.7. The van der Waals surface area contributed by atoms with Gasteiger partial charge in [0.1, 0.15) is 5.78 Å². The predicted octanol–water partition coefficient (Wildman–Crippen LogP) is 3.26. The second kappa shape index (κ2) is 7.62. The first-order chi connectivity index (χ1) is 8.13. The summed E-state index contributed by atoms with van der Waals surface area (Å²) in [7, 11) is 0. The van der Waals surface area contributed by atoms with Gasteiger partial charge in [0.25, 0.3) is 0 Å². The first-order valence-corrected chi connectivity index (χ1v) is 7.25. The van der Waals surface area contributed by atoms with E-state index in [1.807, 2.05) is 17.5 Å². The molecule has 17 heavy (non-hydrogen) atoms. The van der Waals surface area contributed by atoms with Gasteiger partial charge in [-0.05, 0) is 42.7 Å². The number of thiophene rings is 1. The SMILES string of the molecule is CC(C)C(CCN)CCC(=O)Cc1cccs1. The minimum absolute atomic E-state index is 0.357.